The Bertz CT molecular complexity index is 947. The van der Waals surface area contributed by atoms with Crippen LogP contribution in [0.5, 0.6) is 0 Å². The first-order valence-corrected chi connectivity index (χ1v) is 7.58. The largest absolute Gasteiger partial charge is 0.366 e. The molecule has 0 aliphatic carbocycles. The fourth-order valence-corrected chi connectivity index (χ4v) is 2.64. The zero-order chi connectivity index (χ0) is 16.9. The van der Waals surface area contributed by atoms with E-state index in [1.807, 2.05) is 55.5 Å². The van der Waals surface area contributed by atoms with Crippen LogP contribution in [-0.2, 0) is 0 Å². The van der Waals surface area contributed by atoms with Crippen molar-refractivity contribution in [2.75, 3.05) is 0 Å². The van der Waals surface area contributed by atoms with Crippen LogP contribution >= 0.6 is 0 Å². The van der Waals surface area contributed by atoms with Gasteiger partial charge in [-0.2, -0.15) is 0 Å². The van der Waals surface area contributed by atoms with Gasteiger partial charge in [0.15, 0.2) is 0 Å². The molecule has 1 amide bonds. The smallest absolute Gasteiger partial charge is 0.250 e. The van der Waals surface area contributed by atoms with Crippen molar-refractivity contribution >= 4 is 5.91 Å². The average molecular weight is 312 g/mol. The molecule has 0 unspecified atom stereocenters. The van der Waals surface area contributed by atoms with Crippen molar-refractivity contribution < 1.29 is 4.79 Å². The van der Waals surface area contributed by atoms with E-state index < -0.39 is 5.91 Å². The number of nitrogens with two attached hydrogens (primary N) is 1. The van der Waals surface area contributed by atoms with Crippen LogP contribution in [-0.4, -0.2) is 10.9 Å². The van der Waals surface area contributed by atoms with Gasteiger partial charge in [-0.05, 0) is 42.3 Å². The van der Waals surface area contributed by atoms with E-state index in [0.29, 0.717) is 11.3 Å². The lowest BCUT2D eigenvalue weighted by Crippen LogP contribution is -2.13. The third-order valence-electron chi connectivity index (χ3n) is 3.72. The minimum atomic E-state index is -0.485. The minimum absolute atomic E-state index is 0.415. The monoisotopic (exact) mass is 312 g/mol. The van der Waals surface area contributed by atoms with Gasteiger partial charge in [-0.25, -0.2) is 0 Å². The first kappa shape index (κ1) is 15.5. The van der Waals surface area contributed by atoms with Crippen LogP contribution in [0.15, 0.2) is 66.9 Å². The lowest BCUT2D eigenvalue weighted by Gasteiger charge is -2.11. The summed E-state index contributed by atoms with van der Waals surface area (Å²) in [4.78, 5) is 16.1. The van der Waals surface area contributed by atoms with Gasteiger partial charge in [0.2, 0.25) is 0 Å². The number of benzene rings is 2. The molecule has 0 bridgehead atoms. The van der Waals surface area contributed by atoms with Crippen LogP contribution in [0.25, 0.3) is 22.4 Å². The summed E-state index contributed by atoms with van der Waals surface area (Å²) < 4.78 is 0. The summed E-state index contributed by atoms with van der Waals surface area (Å²) in [5.74, 6) is 5.44. The van der Waals surface area contributed by atoms with Gasteiger partial charge in [0.25, 0.3) is 5.91 Å². The Morgan fingerprint density at radius 1 is 0.958 bits per heavy atom. The van der Waals surface area contributed by atoms with Crippen LogP contribution < -0.4 is 5.73 Å². The van der Waals surface area contributed by atoms with Crippen molar-refractivity contribution in [3.8, 4) is 34.2 Å². The second-order valence-electron chi connectivity index (χ2n) is 5.26. The normalized spacial score (nSPS) is 9.88. The number of carbonyl (C=O) groups is 1. The second kappa shape index (κ2) is 6.80. The van der Waals surface area contributed by atoms with Crippen molar-refractivity contribution in [2.24, 2.45) is 5.73 Å². The van der Waals surface area contributed by atoms with E-state index in [4.69, 9.17) is 5.73 Å². The Morgan fingerprint density at radius 3 is 2.33 bits per heavy atom. The molecule has 0 aliphatic heterocycles. The van der Waals surface area contributed by atoms with Gasteiger partial charge in [-0.15, -0.1) is 5.92 Å². The zero-order valence-electron chi connectivity index (χ0n) is 13.3. The molecule has 0 saturated heterocycles. The molecular formula is C21H16N2O. The van der Waals surface area contributed by atoms with E-state index in [-0.39, 0.29) is 0 Å². The number of carbonyl (C=O) groups excluding carboxylic acids is 1. The Balaban J connectivity index is 2.15. The van der Waals surface area contributed by atoms with Crippen molar-refractivity contribution in [3.05, 3.63) is 78.0 Å². The maximum atomic E-state index is 11.7. The number of hydrogen-bond acceptors (Lipinski definition) is 2. The van der Waals surface area contributed by atoms with Gasteiger partial charge in [0, 0.05) is 17.3 Å². The van der Waals surface area contributed by atoms with Crippen molar-refractivity contribution in [1.82, 2.24) is 4.98 Å². The molecule has 0 fully saturated rings. The number of hydrogen-bond donors (Lipinski definition) is 1. The van der Waals surface area contributed by atoms with Gasteiger partial charge < -0.3 is 5.73 Å². The minimum Gasteiger partial charge on any atom is -0.366 e. The third-order valence-corrected chi connectivity index (χ3v) is 3.72. The molecule has 2 N–H and O–H groups in total. The molecule has 1 aromatic heterocycles. The maximum Gasteiger partial charge on any atom is 0.250 e. The summed E-state index contributed by atoms with van der Waals surface area (Å²) in [5, 5.41) is 0. The third kappa shape index (κ3) is 3.04. The summed E-state index contributed by atoms with van der Waals surface area (Å²) in [7, 11) is 0. The van der Waals surface area contributed by atoms with E-state index in [1.165, 1.54) is 0 Å². The predicted molar refractivity (Wildman–Crippen MR) is 96.2 cm³/mol. The van der Waals surface area contributed by atoms with E-state index in [2.05, 4.69) is 16.8 Å². The molecule has 0 atom stereocenters. The number of primary amides is 1. The molecule has 116 valence electrons. The topological polar surface area (TPSA) is 56.0 Å². The number of aromatic nitrogens is 1. The quantitative estimate of drug-likeness (QED) is 0.746. The van der Waals surface area contributed by atoms with Gasteiger partial charge in [-0.3, -0.25) is 9.78 Å². The maximum absolute atomic E-state index is 11.7. The SMILES string of the molecule is CC#Cc1ccc(-c2ccccc2-c2ncccc2C(N)=O)cc1. The van der Waals surface area contributed by atoms with Crippen LogP contribution in [0.1, 0.15) is 22.8 Å². The summed E-state index contributed by atoms with van der Waals surface area (Å²) in [6.07, 6.45) is 1.67. The first-order chi connectivity index (χ1) is 11.7. The number of rotatable bonds is 3. The second-order valence-corrected chi connectivity index (χ2v) is 5.26. The van der Waals surface area contributed by atoms with Crippen LogP contribution in [0, 0.1) is 11.8 Å². The van der Waals surface area contributed by atoms with Crippen LogP contribution in [0.2, 0.25) is 0 Å². The average Bonchev–Trinajstić information content (AvgIpc) is 2.63. The highest BCUT2D eigenvalue weighted by atomic mass is 16.1. The molecule has 0 radical (unpaired) electrons. The molecule has 3 aromatic rings. The molecule has 24 heavy (non-hydrogen) atoms. The fourth-order valence-electron chi connectivity index (χ4n) is 2.64. The molecule has 0 saturated carbocycles. The zero-order valence-corrected chi connectivity index (χ0v) is 13.3. The lowest BCUT2D eigenvalue weighted by atomic mass is 9.94. The van der Waals surface area contributed by atoms with Crippen molar-refractivity contribution in [2.45, 2.75) is 6.92 Å². The highest BCUT2D eigenvalue weighted by Crippen LogP contribution is 2.32. The highest BCUT2D eigenvalue weighted by molar-refractivity contribution is 6.00. The van der Waals surface area contributed by atoms with Crippen LogP contribution in [0.4, 0.5) is 0 Å². The van der Waals surface area contributed by atoms with Gasteiger partial charge in [0.05, 0.1) is 11.3 Å². The molecule has 3 nitrogen and oxygen atoms in total. The first-order valence-electron chi connectivity index (χ1n) is 7.58. The Hall–Kier alpha value is -3.38. The van der Waals surface area contributed by atoms with E-state index in [0.717, 1.165) is 22.3 Å². The van der Waals surface area contributed by atoms with E-state index >= 15 is 0 Å². The summed E-state index contributed by atoms with van der Waals surface area (Å²) in [5.41, 5.74) is 10.4. The molecule has 3 rings (SSSR count). The molecule has 3 heteroatoms. The molecule has 1 heterocycles. The van der Waals surface area contributed by atoms with Crippen LogP contribution in [0.3, 0.4) is 0 Å². The summed E-state index contributed by atoms with van der Waals surface area (Å²) >= 11 is 0. The summed E-state index contributed by atoms with van der Waals surface area (Å²) in [6, 6.07) is 19.3. The number of amides is 1. The highest BCUT2D eigenvalue weighted by Gasteiger charge is 2.14. The van der Waals surface area contributed by atoms with Gasteiger partial charge in [-0.1, -0.05) is 42.3 Å². The Morgan fingerprint density at radius 2 is 1.67 bits per heavy atom. The van der Waals surface area contributed by atoms with Crippen molar-refractivity contribution in [1.29, 1.82) is 0 Å². The lowest BCUT2D eigenvalue weighted by molar-refractivity contribution is 0.100. The summed E-state index contributed by atoms with van der Waals surface area (Å²) in [6.45, 7) is 1.82. The van der Waals surface area contributed by atoms with E-state index in [1.54, 1.807) is 18.3 Å². The van der Waals surface area contributed by atoms with Gasteiger partial charge in [0.1, 0.15) is 0 Å². The van der Waals surface area contributed by atoms with E-state index in [9.17, 15) is 4.79 Å². The number of pyridine rings is 1. The molecule has 0 spiro atoms. The molecule has 0 aliphatic rings. The predicted octanol–water partition coefficient (Wildman–Crippen LogP) is 3.89. The standard InChI is InChI=1S/C21H16N2O/c1-2-6-15-10-12-16(13-11-15)17-7-3-4-8-18(17)20-19(21(22)24)9-5-14-23-20/h3-5,7-14H,1H3,(H2,22,24). The van der Waals surface area contributed by atoms with Gasteiger partial charge >= 0.3 is 0 Å². The Kier molecular flexibility index (Phi) is 4.40. The molecule has 2 aromatic carbocycles. The molecular weight excluding hydrogens is 296 g/mol. The number of nitrogens with zero attached hydrogens (tertiary/aromatic N) is 1. The fraction of sp³-hybridized carbons (Fsp3) is 0.0476. The van der Waals surface area contributed by atoms with Crippen molar-refractivity contribution in [3.63, 3.8) is 0 Å². The Labute approximate surface area is 141 Å².